The monoisotopic (exact) mass is 626 g/mol. The lowest BCUT2D eigenvalue weighted by Crippen LogP contribution is -2.36. The fraction of sp³-hybridized carbons (Fsp3) is 0.562. The Balaban J connectivity index is 0.000000173. The molecule has 0 aliphatic carbocycles. The molecule has 2 aliphatic rings. The van der Waals surface area contributed by atoms with Gasteiger partial charge in [-0.3, -0.25) is 13.7 Å². The molecule has 0 amide bonds. The molecule has 2 aliphatic heterocycles. The van der Waals surface area contributed by atoms with Crippen LogP contribution >= 0.6 is 15.9 Å². The molecule has 0 saturated carbocycles. The van der Waals surface area contributed by atoms with Crippen LogP contribution in [-0.2, 0) is 19.6 Å². The summed E-state index contributed by atoms with van der Waals surface area (Å²) < 4.78 is 5.74. The Morgan fingerprint density at radius 1 is 0.756 bits per heavy atom. The summed E-state index contributed by atoms with van der Waals surface area (Å²) in [5.74, 6) is 1.17. The van der Waals surface area contributed by atoms with Crippen molar-refractivity contribution in [3.8, 4) is 0 Å². The molecule has 2 fully saturated rings. The van der Waals surface area contributed by atoms with Crippen molar-refractivity contribution in [2.45, 2.75) is 59.2 Å². The molecule has 2 saturated heterocycles. The van der Waals surface area contributed by atoms with Crippen molar-refractivity contribution in [2.75, 3.05) is 45.6 Å². The molecule has 1 N–H and O–H groups in total. The van der Waals surface area contributed by atoms with E-state index in [9.17, 15) is 9.59 Å². The van der Waals surface area contributed by atoms with Crippen LogP contribution in [0, 0.1) is 11.8 Å². The van der Waals surface area contributed by atoms with E-state index < -0.39 is 0 Å². The zero-order chi connectivity index (χ0) is 29.4. The molecule has 224 valence electrons. The standard InChI is InChI=1S/C16H23N3O.C14H19N3O.C2H5Br/c1-3-18-14-8-4-5-9-15(14)19(16(18)20)12-13-7-6-10-17(2)11-13;1-16-8-4-5-11(9-16)10-17-13-7-3-2-6-12(13)15-14(17)18;1-2-3/h4-5,8-9,13H,3,6-7,10-12H2,1-2H3;2-3,6-7,11H,4-5,8-10H2,1H3,(H,15,18);2H2,1H3. The molecule has 4 heterocycles. The third-order valence-electron chi connectivity index (χ3n) is 8.25. The van der Waals surface area contributed by atoms with Gasteiger partial charge in [-0.1, -0.05) is 47.1 Å². The highest BCUT2D eigenvalue weighted by Crippen LogP contribution is 2.20. The van der Waals surface area contributed by atoms with Gasteiger partial charge in [-0.25, -0.2) is 9.59 Å². The van der Waals surface area contributed by atoms with Crippen LogP contribution in [0.1, 0.15) is 39.5 Å². The number of H-pyrrole nitrogens is 1. The quantitative estimate of drug-likeness (QED) is 0.308. The second-order valence-electron chi connectivity index (χ2n) is 11.5. The number of benzene rings is 2. The van der Waals surface area contributed by atoms with Gasteiger partial charge in [-0.2, -0.15) is 0 Å². The van der Waals surface area contributed by atoms with Gasteiger partial charge >= 0.3 is 11.4 Å². The van der Waals surface area contributed by atoms with E-state index in [4.69, 9.17) is 0 Å². The minimum absolute atomic E-state index is 0.0180. The number of likely N-dealkylation sites (tertiary alicyclic amines) is 2. The van der Waals surface area contributed by atoms with E-state index in [1.807, 2.05) is 70.0 Å². The fourth-order valence-electron chi connectivity index (χ4n) is 6.40. The molecule has 4 aromatic rings. The minimum Gasteiger partial charge on any atom is -0.306 e. The number of alkyl halides is 1. The first-order valence-electron chi connectivity index (χ1n) is 15.1. The largest absolute Gasteiger partial charge is 0.329 e. The first-order valence-corrected chi connectivity index (χ1v) is 16.3. The first kappa shape index (κ1) is 31.3. The second-order valence-corrected chi connectivity index (χ2v) is 12.6. The molecule has 8 nitrogen and oxygen atoms in total. The first-order chi connectivity index (χ1) is 19.9. The summed E-state index contributed by atoms with van der Waals surface area (Å²) in [4.78, 5) is 32.2. The summed E-state index contributed by atoms with van der Waals surface area (Å²) >= 11 is 3.15. The maximum absolute atomic E-state index is 12.6. The van der Waals surface area contributed by atoms with Crippen LogP contribution in [0.5, 0.6) is 0 Å². The third kappa shape index (κ3) is 7.81. The van der Waals surface area contributed by atoms with E-state index in [2.05, 4.69) is 50.9 Å². The molecule has 0 radical (unpaired) electrons. The number of imidazole rings is 2. The number of rotatable bonds is 5. The summed E-state index contributed by atoms with van der Waals surface area (Å²) in [6.07, 6.45) is 4.92. The van der Waals surface area contributed by atoms with E-state index >= 15 is 0 Å². The number of hydrogen-bond acceptors (Lipinski definition) is 4. The van der Waals surface area contributed by atoms with Crippen LogP contribution in [0.3, 0.4) is 0 Å². The number of aromatic nitrogens is 4. The molecule has 0 bridgehead atoms. The molecule has 2 atom stereocenters. The third-order valence-corrected chi connectivity index (χ3v) is 8.25. The van der Waals surface area contributed by atoms with Gasteiger partial charge in [-0.05, 0) is 95.9 Å². The molecule has 2 aromatic heterocycles. The van der Waals surface area contributed by atoms with Crippen LogP contribution in [-0.4, -0.2) is 74.1 Å². The Labute approximate surface area is 252 Å². The lowest BCUT2D eigenvalue weighted by molar-refractivity contribution is 0.194. The van der Waals surface area contributed by atoms with Crippen LogP contribution in [0.2, 0.25) is 0 Å². The molecule has 2 aromatic carbocycles. The molecule has 2 unspecified atom stereocenters. The molecule has 41 heavy (non-hydrogen) atoms. The number of para-hydroxylation sites is 4. The summed E-state index contributed by atoms with van der Waals surface area (Å²) in [6, 6.07) is 16.0. The zero-order valence-electron chi connectivity index (χ0n) is 25.2. The van der Waals surface area contributed by atoms with E-state index in [0.29, 0.717) is 11.8 Å². The predicted molar refractivity (Wildman–Crippen MR) is 174 cm³/mol. The van der Waals surface area contributed by atoms with Gasteiger partial charge in [0.2, 0.25) is 0 Å². The van der Waals surface area contributed by atoms with Crippen molar-refractivity contribution in [1.29, 1.82) is 0 Å². The van der Waals surface area contributed by atoms with Gasteiger partial charge < -0.3 is 14.8 Å². The average molecular weight is 628 g/mol. The highest BCUT2D eigenvalue weighted by Gasteiger charge is 2.21. The molecule has 6 rings (SSSR count). The molecular formula is C32H47BrN6O2. The van der Waals surface area contributed by atoms with Gasteiger partial charge in [-0.15, -0.1) is 0 Å². The summed E-state index contributed by atoms with van der Waals surface area (Å²) in [7, 11) is 4.33. The Morgan fingerprint density at radius 3 is 1.78 bits per heavy atom. The fourth-order valence-corrected chi connectivity index (χ4v) is 6.40. The van der Waals surface area contributed by atoms with E-state index in [1.54, 1.807) is 0 Å². The Bertz CT molecular complexity index is 1500. The number of aryl methyl sites for hydroxylation is 1. The Kier molecular flexibility index (Phi) is 11.5. The molecule has 0 spiro atoms. The number of piperidine rings is 2. The molecular weight excluding hydrogens is 580 g/mol. The number of hydrogen-bond donors (Lipinski definition) is 1. The van der Waals surface area contributed by atoms with Crippen molar-refractivity contribution in [2.24, 2.45) is 11.8 Å². The lowest BCUT2D eigenvalue weighted by atomic mass is 9.98. The van der Waals surface area contributed by atoms with Gasteiger partial charge in [0.25, 0.3) is 0 Å². The number of fused-ring (bicyclic) bond motifs is 2. The topological polar surface area (TPSA) is 71.2 Å². The van der Waals surface area contributed by atoms with E-state index in [-0.39, 0.29) is 11.4 Å². The van der Waals surface area contributed by atoms with Crippen molar-refractivity contribution >= 4 is 38.0 Å². The summed E-state index contributed by atoms with van der Waals surface area (Å²) in [6.45, 7) is 11.0. The van der Waals surface area contributed by atoms with Gasteiger partial charge in [0.1, 0.15) is 0 Å². The Morgan fingerprint density at radius 2 is 1.24 bits per heavy atom. The lowest BCUT2D eigenvalue weighted by Gasteiger charge is -2.29. The van der Waals surface area contributed by atoms with Crippen molar-refractivity contribution < 1.29 is 0 Å². The zero-order valence-corrected chi connectivity index (χ0v) is 26.8. The van der Waals surface area contributed by atoms with E-state index in [1.165, 1.54) is 38.8 Å². The highest BCUT2D eigenvalue weighted by molar-refractivity contribution is 9.09. The SMILES string of the molecule is CCBr.CCn1c(=O)n(CC2CCCN(C)C2)c2ccccc21.CN1CCCC(Cn2c(=O)[nH]c3ccccc32)C1. The number of nitrogens with zero attached hydrogens (tertiary/aromatic N) is 5. The highest BCUT2D eigenvalue weighted by atomic mass is 79.9. The Hall–Kier alpha value is -2.62. The second kappa shape index (κ2) is 15.0. The predicted octanol–water partition coefficient (Wildman–Crippen LogP) is 5.24. The average Bonchev–Trinajstić information content (AvgIpc) is 3.42. The van der Waals surface area contributed by atoms with Crippen LogP contribution in [0.25, 0.3) is 22.1 Å². The maximum atomic E-state index is 12.6. The van der Waals surface area contributed by atoms with Crippen LogP contribution < -0.4 is 11.4 Å². The van der Waals surface area contributed by atoms with Crippen molar-refractivity contribution in [3.05, 3.63) is 69.5 Å². The number of nitrogens with one attached hydrogen (secondary N) is 1. The van der Waals surface area contributed by atoms with Crippen molar-refractivity contribution in [1.82, 2.24) is 28.5 Å². The van der Waals surface area contributed by atoms with E-state index in [0.717, 1.165) is 60.1 Å². The van der Waals surface area contributed by atoms with Crippen molar-refractivity contribution in [3.63, 3.8) is 0 Å². The number of aromatic amines is 1. The van der Waals surface area contributed by atoms with Gasteiger partial charge in [0.05, 0.1) is 22.1 Å². The van der Waals surface area contributed by atoms with Gasteiger partial charge in [0.15, 0.2) is 0 Å². The van der Waals surface area contributed by atoms with Gasteiger partial charge in [0, 0.05) is 38.1 Å². The maximum Gasteiger partial charge on any atom is 0.329 e. The number of halogens is 1. The smallest absolute Gasteiger partial charge is 0.306 e. The molecule has 9 heteroatoms. The summed E-state index contributed by atoms with van der Waals surface area (Å²) in [5, 5.41) is 1.06. The normalized spacial score (nSPS) is 19.9. The van der Waals surface area contributed by atoms with Crippen LogP contribution in [0.4, 0.5) is 0 Å². The van der Waals surface area contributed by atoms with Crippen LogP contribution in [0.15, 0.2) is 58.1 Å². The minimum atomic E-state index is 0.0180. The summed E-state index contributed by atoms with van der Waals surface area (Å²) in [5.41, 5.74) is 4.26.